The molecule has 0 atom stereocenters. The first kappa shape index (κ1) is 24.5. The van der Waals surface area contributed by atoms with E-state index in [1.165, 1.54) is 11.1 Å². The van der Waals surface area contributed by atoms with E-state index in [0.717, 1.165) is 0 Å². The van der Waals surface area contributed by atoms with Crippen LogP contribution >= 0.6 is 0 Å². The molecule has 29 heavy (non-hydrogen) atoms. The molecule has 156 valence electrons. The van der Waals surface area contributed by atoms with Crippen LogP contribution in [-0.2, 0) is 27.4 Å². The van der Waals surface area contributed by atoms with Crippen molar-refractivity contribution in [1.29, 1.82) is 0 Å². The van der Waals surface area contributed by atoms with Crippen molar-refractivity contribution in [1.82, 2.24) is 0 Å². The summed E-state index contributed by atoms with van der Waals surface area (Å²) in [5, 5.41) is 8.44. The standard InChI is InChI=1S/C14H18O2.C11H14O2/c1-2-10-15-11-6-7-12-16-13-14-8-4-3-5-9-14;12-8-4-5-9-13-10-11-6-2-1-3-7-11/h2-9H,1,10-13H2;1-7,12H,8-10H2/b7-6-;5-4-. The highest BCUT2D eigenvalue weighted by Crippen LogP contribution is 2.00. The van der Waals surface area contributed by atoms with Crippen molar-refractivity contribution >= 4 is 0 Å². The number of aliphatic hydroxyl groups excluding tert-OH is 1. The Kier molecular flexibility index (Phi) is 15.9. The molecule has 0 saturated carbocycles. The second-order valence-electron chi connectivity index (χ2n) is 5.95. The van der Waals surface area contributed by atoms with Crippen molar-refractivity contribution in [3.05, 3.63) is 109 Å². The maximum Gasteiger partial charge on any atom is 0.0721 e. The molecule has 4 nitrogen and oxygen atoms in total. The molecular formula is C25H32O4. The van der Waals surface area contributed by atoms with Gasteiger partial charge in [-0.1, -0.05) is 91.0 Å². The van der Waals surface area contributed by atoms with Gasteiger partial charge in [0, 0.05) is 0 Å². The monoisotopic (exact) mass is 396 g/mol. The lowest BCUT2D eigenvalue weighted by Crippen LogP contribution is -1.94. The summed E-state index contributed by atoms with van der Waals surface area (Å²) >= 11 is 0. The minimum Gasteiger partial charge on any atom is -0.392 e. The first-order valence-corrected chi connectivity index (χ1v) is 9.69. The van der Waals surface area contributed by atoms with Gasteiger partial charge in [-0.2, -0.15) is 0 Å². The van der Waals surface area contributed by atoms with Crippen LogP contribution in [0.5, 0.6) is 0 Å². The summed E-state index contributed by atoms with van der Waals surface area (Å²) in [7, 11) is 0. The second-order valence-corrected chi connectivity index (χ2v) is 5.95. The van der Waals surface area contributed by atoms with Gasteiger partial charge in [-0.05, 0) is 11.1 Å². The van der Waals surface area contributed by atoms with Gasteiger partial charge in [-0.3, -0.25) is 0 Å². The Labute approximate surface area is 174 Å². The Morgan fingerprint density at radius 2 is 1.07 bits per heavy atom. The molecule has 0 aliphatic heterocycles. The van der Waals surface area contributed by atoms with Gasteiger partial charge in [0.1, 0.15) is 0 Å². The number of benzene rings is 2. The minimum atomic E-state index is 0.0781. The molecule has 2 rings (SSSR count). The molecule has 0 fully saturated rings. The Balaban J connectivity index is 0.000000296. The van der Waals surface area contributed by atoms with E-state index in [2.05, 4.69) is 18.7 Å². The predicted molar refractivity (Wildman–Crippen MR) is 119 cm³/mol. The Morgan fingerprint density at radius 1 is 0.621 bits per heavy atom. The summed E-state index contributed by atoms with van der Waals surface area (Å²) in [5.74, 6) is 0. The van der Waals surface area contributed by atoms with Crippen LogP contribution in [0, 0.1) is 0 Å². The molecular weight excluding hydrogens is 364 g/mol. The van der Waals surface area contributed by atoms with Gasteiger partial charge in [0.15, 0.2) is 0 Å². The van der Waals surface area contributed by atoms with Crippen molar-refractivity contribution in [2.45, 2.75) is 13.2 Å². The van der Waals surface area contributed by atoms with Crippen molar-refractivity contribution < 1.29 is 19.3 Å². The minimum absolute atomic E-state index is 0.0781. The Morgan fingerprint density at radius 3 is 1.52 bits per heavy atom. The first-order chi connectivity index (χ1) is 14.4. The molecule has 0 aliphatic carbocycles. The summed E-state index contributed by atoms with van der Waals surface area (Å²) in [5.41, 5.74) is 2.36. The van der Waals surface area contributed by atoms with Gasteiger partial charge in [0.25, 0.3) is 0 Å². The quantitative estimate of drug-likeness (QED) is 0.393. The lowest BCUT2D eigenvalue weighted by molar-refractivity contribution is 0.147. The third-order valence-corrected chi connectivity index (χ3v) is 3.54. The van der Waals surface area contributed by atoms with E-state index in [4.69, 9.17) is 19.3 Å². The highest BCUT2D eigenvalue weighted by molar-refractivity contribution is 5.14. The fourth-order valence-corrected chi connectivity index (χ4v) is 2.14. The van der Waals surface area contributed by atoms with Crippen molar-refractivity contribution in [3.63, 3.8) is 0 Å². The molecule has 1 N–H and O–H groups in total. The fourth-order valence-electron chi connectivity index (χ4n) is 2.14. The maximum atomic E-state index is 8.44. The van der Waals surface area contributed by atoms with Crippen LogP contribution in [0.15, 0.2) is 97.6 Å². The molecule has 0 heterocycles. The molecule has 0 aromatic heterocycles. The number of hydrogen-bond acceptors (Lipinski definition) is 4. The highest BCUT2D eigenvalue weighted by Gasteiger charge is 1.89. The van der Waals surface area contributed by atoms with E-state index >= 15 is 0 Å². The van der Waals surface area contributed by atoms with Gasteiger partial charge in [-0.25, -0.2) is 0 Å². The molecule has 0 unspecified atom stereocenters. The summed E-state index contributed by atoms with van der Waals surface area (Å²) in [6, 6.07) is 20.1. The number of ether oxygens (including phenoxy) is 3. The SMILES string of the molecule is C=CCOC/C=C\COCc1ccccc1.OC/C=C\COCc1ccccc1. The van der Waals surface area contributed by atoms with Crippen molar-refractivity contribution in [3.8, 4) is 0 Å². The predicted octanol–water partition coefficient (Wildman–Crippen LogP) is 4.71. The average molecular weight is 397 g/mol. The summed E-state index contributed by atoms with van der Waals surface area (Å²) in [6.07, 6.45) is 9.13. The Hall–Kier alpha value is -2.50. The third-order valence-electron chi connectivity index (χ3n) is 3.54. The molecule has 0 amide bonds. The molecule has 4 heteroatoms. The van der Waals surface area contributed by atoms with Crippen LogP contribution in [0.25, 0.3) is 0 Å². The third kappa shape index (κ3) is 15.1. The first-order valence-electron chi connectivity index (χ1n) is 9.69. The van der Waals surface area contributed by atoms with Crippen LogP contribution in [0.1, 0.15) is 11.1 Å². The van der Waals surface area contributed by atoms with E-state index in [1.54, 1.807) is 12.2 Å². The van der Waals surface area contributed by atoms with Crippen LogP contribution < -0.4 is 0 Å². The topological polar surface area (TPSA) is 47.9 Å². The number of hydrogen-bond donors (Lipinski definition) is 1. The summed E-state index contributed by atoms with van der Waals surface area (Å²) in [4.78, 5) is 0. The summed E-state index contributed by atoms with van der Waals surface area (Å²) < 4.78 is 16.0. The second kappa shape index (κ2) is 18.8. The lowest BCUT2D eigenvalue weighted by Gasteiger charge is -2.00. The molecule has 0 bridgehead atoms. The molecule has 2 aromatic carbocycles. The molecule has 2 aromatic rings. The zero-order chi connectivity index (χ0) is 20.8. The molecule has 0 radical (unpaired) electrons. The van der Waals surface area contributed by atoms with E-state index < -0.39 is 0 Å². The van der Waals surface area contributed by atoms with E-state index in [9.17, 15) is 0 Å². The van der Waals surface area contributed by atoms with Crippen LogP contribution in [-0.4, -0.2) is 38.1 Å². The molecule has 0 aliphatic rings. The maximum absolute atomic E-state index is 8.44. The van der Waals surface area contributed by atoms with Crippen LogP contribution in [0.3, 0.4) is 0 Å². The molecule has 0 spiro atoms. The van der Waals surface area contributed by atoms with E-state index in [1.807, 2.05) is 66.8 Å². The Bertz CT molecular complexity index is 666. The number of aliphatic hydroxyl groups is 1. The smallest absolute Gasteiger partial charge is 0.0721 e. The molecule has 0 saturated heterocycles. The lowest BCUT2D eigenvalue weighted by atomic mass is 10.2. The van der Waals surface area contributed by atoms with E-state index in [0.29, 0.717) is 39.6 Å². The van der Waals surface area contributed by atoms with Crippen LogP contribution in [0.4, 0.5) is 0 Å². The van der Waals surface area contributed by atoms with Gasteiger partial charge in [0.2, 0.25) is 0 Å². The largest absolute Gasteiger partial charge is 0.392 e. The van der Waals surface area contributed by atoms with E-state index in [-0.39, 0.29) is 6.61 Å². The van der Waals surface area contributed by atoms with Gasteiger partial charge >= 0.3 is 0 Å². The highest BCUT2D eigenvalue weighted by atomic mass is 16.5. The van der Waals surface area contributed by atoms with Crippen molar-refractivity contribution in [2.75, 3.05) is 33.0 Å². The number of rotatable bonds is 13. The van der Waals surface area contributed by atoms with Crippen LogP contribution in [0.2, 0.25) is 0 Å². The summed E-state index contributed by atoms with van der Waals surface area (Å²) in [6.45, 7) is 7.29. The fraction of sp³-hybridized carbons (Fsp3) is 0.280. The van der Waals surface area contributed by atoms with Gasteiger partial charge < -0.3 is 19.3 Å². The zero-order valence-electron chi connectivity index (χ0n) is 17.0. The zero-order valence-corrected chi connectivity index (χ0v) is 17.0. The average Bonchev–Trinajstić information content (AvgIpc) is 2.77. The van der Waals surface area contributed by atoms with Gasteiger partial charge in [-0.15, -0.1) is 6.58 Å². The normalized spacial score (nSPS) is 10.8. The van der Waals surface area contributed by atoms with Gasteiger partial charge in [0.05, 0.1) is 46.2 Å². The van der Waals surface area contributed by atoms with Crippen molar-refractivity contribution in [2.24, 2.45) is 0 Å².